The van der Waals surface area contributed by atoms with Gasteiger partial charge in [0.05, 0.1) is 5.92 Å². The topological polar surface area (TPSA) is 40.5 Å². The quantitative estimate of drug-likeness (QED) is 0.805. The Hall–Kier alpha value is -1.17. The lowest BCUT2D eigenvalue weighted by molar-refractivity contribution is -0.144. The fourth-order valence-electron chi connectivity index (χ4n) is 3.06. The number of carboxylic acids is 1. The largest absolute Gasteiger partial charge is 0.481 e. The van der Waals surface area contributed by atoms with Gasteiger partial charge in [0.2, 0.25) is 0 Å². The maximum Gasteiger partial charge on any atom is 0.307 e. The van der Waals surface area contributed by atoms with Gasteiger partial charge in [-0.1, -0.05) is 28.1 Å². The van der Waals surface area contributed by atoms with Crippen LogP contribution in [0.15, 0.2) is 40.9 Å². The van der Waals surface area contributed by atoms with E-state index in [1.165, 1.54) is 15.3 Å². The van der Waals surface area contributed by atoms with Gasteiger partial charge in [0.15, 0.2) is 0 Å². The van der Waals surface area contributed by atoms with Crippen molar-refractivity contribution < 1.29 is 9.90 Å². The molecule has 1 N–H and O–H groups in total. The van der Waals surface area contributed by atoms with Gasteiger partial charge >= 0.3 is 5.97 Å². The molecule has 3 nitrogen and oxygen atoms in total. The number of nitrogens with zero attached hydrogens (tertiary/aromatic N) is 1. The molecule has 0 bridgehead atoms. The van der Waals surface area contributed by atoms with Gasteiger partial charge in [-0.2, -0.15) is 0 Å². The second-order valence-electron chi connectivity index (χ2n) is 6.17. The molecule has 23 heavy (non-hydrogen) atoms. The van der Waals surface area contributed by atoms with Crippen molar-refractivity contribution >= 4 is 33.2 Å². The molecule has 0 saturated carbocycles. The number of hydrogen-bond donors (Lipinski definition) is 1. The molecular weight excluding hydrogens is 374 g/mol. The maximum atomic E-state index is 11.3. The number of carboxylic acid groups (broad SMARTS) is 1. The SMILES string of the molecule is CC1CCC(C(=O)O)CN1Cc1ccc(-c2cccc(Br)c2)s1. The first-order chi connectivity index (χ1) is 11.0. The van der Waals surface area contributed by atoms with E-state index in [0.29, 0.717) is 12.6 Å². The van der Waals surface area contributed by atoms with Crippen molar-refractivity contribution in [2.75, 3.05) is 6.54 Å². The summed E-state index contributed by atoms with van der Waals surface area (Å²) in [6.07, 6.45) is 1.75. The highest BCUT2D eigenvalue weighted by molar-refractivity contribution is 9.10. The lowest BCUT2D eigenvalue weighted by Crippen LogP contribution is -2.43. The first-order valence-electron chi connectivity index (χ1n) is 7.84. The zero-order valence-corrected chi connectivity index (χ0v) is 15.4. The summed E-state index contributed by atoms with van der Waals surface area (Å²) in [5, 5.41) is 9.26. The monoisotopic (exact) mass is 393 g/mol. The number of rotatable bonds is 4. The molecule has 1 aromatic heterocycles. The van der Waals surface area contributed by atoms with Crippen molar-refractivity contribution in [1.82, 2.24) is 4.90 Å². The number of carbonyl (C=O) groups is 1. The van der Waals surface area contributed by atoms with Crippen molar-refractivity contribution in [1.29, 1.82) is 0 Å². The molecule has 2 aromatic rings. The predicted molar refractivity (Wildman–Crippen MR) is 97.7 cm³/mol. The van der Waals surface area contributed by atoms with Crippen molar-refractivity contribution in [2.24, 2.45) is 5.92 Å². The number of aliphatic carboxylic acids is 1. The maximum absolute atomic E-state index is 11.3. The number of piperidine rings is 1. The highest BCUT2D eigenvalue weighted by Crippen LogP contribution is 2.32. The molecule has 3 rings (SSSR count). The minimum atomic E-state index is -0.664. The van der Waals surface area contributed by atoms with Crippen LogP contribution in [-0.4, -0.2) is 28.6 Å². The second kappa shape index (κ2) is 7.16. The summed E-state index contributed by atoms with van der Waals surface area (Å²) in [4.78, 5) is 16.1. The van der Waals surface area contributed by atoms with E-state index < -0.39 is 5.97 Å². The second-order valence-corrected chi connectivity index (χ2v) is 8.25. The smallest absolute Gasteiger partial charge is 0.307 e. The van der Waals surface area contributed by atoms with E-state index in [9.17, 15) is 9.90 Å². The van der Waals surface area contributed by atoms with E-state index in [-0.39, 0.29) is 5.92 Å². The van der Waals surface area contributed by atoms with Crippen molar-refractivity contribution in [3.8, 4) is 10.4 Å². The van der Waals surface area contributed by atoms with Gasteiger partial charge in [-0.3, -0.25) is 9.69 Å². The average Bonchev–Trinajstić information content (AvgIpc) is 2.98. The van der Waals surface area contributed by atoms with E-state index in [0.717, 1.165) is 23.9 Å². The summed E-state index contributed by atoms with van der Waals surface area (Å²) in [5.41, 5.74) is 1.21. The first-order valence-corrected chi connectivity index (χ1v) is 9.45. The van der Waals surface area contributed by atoms with E-state index in [2.05, 4.69) is 52.0 Å². The number of halogens is 1. The summed E-state index contributed by atoms with van der Waals surface area (Å²) < 4.78 is 1.08. The molecule has 1 fully saturated rings. The molecule has 122 valence electrons. The van der Waals surface area contributed by atoms with Crippen LogP contribution in [0, 0.1) is 5.92 Å². The first kappa shape index (κ1) is 16.7. The molecule has 0 aliphatic carbocycles. The summed E-state index contributed by atoms with van der Waals surface area (Å²) in [6, 6.07) is 13.1. The van der Waals surface area contributed by atoms with Gasteiger partial charge in [0, 0.05) is 33.4 Å². The highest BCUT2D eigenvalue weighted by Gasteiger charge is 2.29. The minimum absolute atomic E-state index is 0.226. The van der Waals surface area contributed by atoms with Crippen LogP contribution in [0.2, 0.25) is 0 Å². The number of likely N-dealkylation sites (tertiary alicyclic amines) is 1. The van der Waals surface area contributed by atoms with E-state index in [1.54, 1.807) is 11.3 Å². The summed E-state index contributed by atoms with van der Waals surface area (Å²) >= 11 is 5.30. The van der Waals surface area contributed by atoms with Crippen LogP contribution >= 0.6 is 27.3 Å². The van der Waals surface area contributed by atoms with Crippen LogP contribution in [0.4, 0.5) is 0 Å². The minimum Gasteiger partial charge on any atom is -0.481 e. The van der Waals surface area contributed by atoms with Crippen molar-refractivity contribution in [2.45, 2.75) is 32.4 Å². The Labute approximate surface area is 149 Å². The molecule has 1 saturated heterocycles. The molecule has 2 atom stereocenters. The fourth-order valence-corrected chi connectivity index (χ4v) is 4.49. The highest BCUT2D eigenvalue weighted by atomic mass is 79.9. The third-order valence-electron chi connectivity index (χ3n) is 4.49. The summed E-state index contributed by atoms with van der Waals surface area (Å²) in [6.45, 7) is 3.69. The Morgan fingerprint density at radius 3 is 2.91 bits per heavy atom. The van der Waals surface area contributed by atoms with Gasteiger partial charge in [0.25, 0.3) is 0 Å². The standard InChI is InChI=1S/C18H20BrNO2S/c1-12-5-6-14(18(21)22)10-20(12)11-16-7-8-17(23-16)13-3-2-4-15(19)9-13/h2-4,7-9,12,14H,5-6,10-11H2,1H3,(H,21,22). The van der Waals surface area contributed by atoms with Crippen molar-refractivity contribution in [3.05, 3.63) is 45.7 Å². The zero-order chi connectivity index (χ0) is 16.4. The molecule has 1 aliphatic heterocycles. The van der Waals surface area contributed by atoms with E-state index in [1.807, 2.05) is 12.1 Å². The lowest BCUT2D eigenvalue weighted by atomic mass is 9.93. The van der Waals surface area contributed by atoms with Crippen LogP contribution < -0.4 is 0 Å². The lowest BCUT2D eigenvalue weighted by Gasteiger charge is -2.36. The Morgan fingerprint density at radius 2 is 2.17 bits per heavy atom. The zero-order valence-electron chi connectivity index (χ0n) is 13.0. The summed E-state index contributed by atoms with van der Waals surface area (Å²) in [7, 11) is 0. The van der Waals surface area contributed by atoms with Crippen LogP contribution in [-0.2, 0) is 11.3 Å². The Morgan fingerprint density at radius 1 is 1.35 bits per heavy atom. The summed E-state index contributed by atoms with van der Waals surface area (Å²) in [5.74, 6) is -0.890. The van der Waals surface area contributed by atoms with E-state index >= 15 is 0 Å². The predicted octanol–water partition coefficient (Wildman–Crippen LogP) is 4.86. The fraction of sp³-hybridized carbons (Fsp3) is 0.389. The molecule has 1 aromatic carbocycles. The van der Waals surface area contributed by atoms with E-state index in [4.69, 9.17) is 0 Å². The molecule has 1 aliphatic rings. The van der Waals surface area contributed by atoms with Crippen LogP contribution in [0.3, 0.4) is 0 Å². The number of hydrogen-bond acceptors (Lipinski definition) is 3. The molecule has 0 spiro atoms. The van der Waals surface area contributed by atoms with Gasteiger partial charge < -0.3 is 5.11 Å². The molecule has 0 radical (unpaired) electrons. The van der Waals surface area contributed by atoms with Gasteiger partial charge in [-0.15, -0.1) is 11.3 Å². The van der Waals surface area contributed by atoms with Gasteiger partial charge in [-0.05, 0) is 49.6 Å². The Balaban J connectivity index is 1.72. The molecule has 2 unspecified atom stereocenters. The number of benzene rings is 1. The van der Waals surface area contributed by atoms with Gasteiger partial charge in [-0.25, -0.2) is 0 Å². The average molecular weight is 394 g/mol. The third kappa shape index (κ3) is 4.03. The van der Waals surface area contributed by atoms with Crippen LogP contribution in [0.5, 0.6) is 0 Å². The number of thiophene rings is 1. The molecular formula is C18H20BrNO2S. The van der Waals surface area contributed by atoms with Gasteiger partial charge in [0.1, 0.15) is 0 Å². The normalized spacial score (nSPS) is 22.2. The Kier molecular flexibility index (Phi) is 5.19. The third-order valence-corrected chi connectivity index (χ3v) is 6.10. The molecule has 0 amide bonds. The van der Waals surface area contributed by atoms with Crippen LogP contribution in [0.25, 0.3) is 10.4 Å². The van der Waals surface area contributed by atoms with Crippen LogP contribution in [0.1, 0.15) is 24.6 Å². The van der Waals surface area contributed by atoms with Crippen molar-refractivity contribution in [3.63, 3.8) is 0 Å². The Bertz CT molecular complexity index is 700. The molecule has 2 heterocycles. The molecule has 5 heteroatoms.